The van der Waals surface area contributed by atoms with Gasteiger partial charge in [0.15, 0.2) is 0 Å². The third-order valence-electron chi connectivity index (χ3n) is 4.21. The summed E-state index contributed by atoms with van der Waals surface area (Å²) >= 11 is 1.50. The number of ether oxygens (including phenoxy) is 1. The largest absolute Gasteiger partial charge is 0.480 e. The van der Waals surface area contributed by atoms with E-state index in [-0.39, 0.29) is 12.5 Å². The van der Waals surface area contributed by atoms with Crippen LogP contribution >= 0.6 is 11.8 Å². The van der Waals surface area contributed by atoms with Crippen LogP contribution in [-0.4, -0.2) is 47.2 Å². The Labute approximate surface area is 164 Å². The molecular weight excluding hydrogens is 368 g/mol. The van der Waals surface area contributed by atoms with Crippen LogP contribution in [0.1, 0.15) is 32.3 Å². The smallest absolute Gasteiger partial charge is 0.408 e. The van der Waals surface area contributed by atoms with Crippen LogP contribution in [0.3, 0.4) is 0 Å². The molecule has 0 heterocycles. The van der Waals surface area contributed by atoms with Crippen molar-refractivity contribution in [2.45, 2.75) is 45.4 Å². The Morgan fingerprint density at radius 3 is 2.41 bits per heavy atom. The monoisotopic (exact) mass is 396 g/mol. The summed E-state index contributed by atoms with van der Waals surface area (Å²) in [6, 6.07) is 7.35. The zero-order chi connectivity index (χ0) is 20.2. The van der Waals surface area contributed by atoms with Gasteiger partial charge in [0, 0.05) is 0 Å². The van der Waals surface area contributed by atoms with Crippen LogP contribution < -0.4 is 10.6 Å². The van der Waals surface area contributed by atoms with Gasteiger partial charge >= 0.3 is 12.1 Å². The van der Waals surface area contributed by atoms with Gasteiger partial charge in [0.1, 0.15) is 18.7 Å². The Morgan fingerprint density at radius 2 is 1.85 bits per heavy atom. The summed E-state index contributed by atoms with van der Waals surface area (Å²) in [6.07, 6.45) is 2.11. The van der Waals surface area contributed by atoms with Gasteiger partial charge in [0.25, 0.3) is 0 Å². The Bertz CT molecular complexity index is 611. The Morgan fingerprint density at radius 1 is 1.19 bits per heavy atom. The maximum atomic E-state index is 12.6. The zero-order valence-electron chi connectivity index (χ0n) is 15.9. The molecule has 27 heavy (non-hydrogen) atoms. The van der Waals surface area contributed by atoms with Crippen LogP contribution in [0.4, 0.5) is 4.79 Å². The molecule has 3 N–H and O–H groups in total. The van der Waals surface area contributed by atoms with Crippen molar-refractivity contribution in [3.05, 3.63) is 35.9 Å². The van der Waals surface area contributed by atoms with E-state index in [4.69, 9.17) is 4.74 Å². The van der Waals surface area contributed by atoms with Gasteiger partial charge in [-0.3, -0.25) is 4.79 Å². The highest BCUT2D eigenvalue weighted by molar-refractivity contribution is 7.98. The molecule has 0 aromatic heterocycles. The molecule has 150 valence electrons. The Balaban J connectivity index is 2.68. The number of rotatable bonds is 11. The second kappa shape index (κ2) is 12.2. The highest BCUT2D eigenvalue weighted by Crippen LogP contribution is 2.10. The summed E-state index contributed by atoms with van der Waals surface area (Å²) in [4.78, 5) is 36.0. The second-order valence-corrected chi connectivity index (χ2v) is 7.24. The van der Waals surface area contributed by atoms with Crippen molar-refractivity contribution < 1.29 is 24.2 Å². The lowest BCUT2D eigenvalue weighted by Gasteiger charge is -2.25. The van der Waals surface area contributed by atoms with Gasteiger partial charge in [0.05, 0.1) is 0 Å². The number of carboxylic acid groups (broad SMARTS) is 1. The topological polar surface area (TPSA) is 105 Å². The second-order valence-electron chi connectivity index (χ2n) is 6.25. The number of carbonyl (C=O) groups excluding carboxylic acids is 2. The van der Waals surface area contributed by atoms with Crippen molar-refractivity contribution in [2.24, 2.45) is 5.92 Å². The van der Waals surface area contributed by atoms with E-state index in [2.05, 4.69) is 10.6 Å². The summed E-state index contributed by atoms with van der Waals surface area (Å²) < 4.78 is 5.17. The lowest BCUT2D eigenvalue weighted by molar-refractivity contribution is -0.142. The van der Waals surface area contributed by atoms with Crippen molar-refractivity contribution in [2.75, 3.05) is 12.0 Å². The van der Waals surface area contributed by atoms with Gasteiger partial charge in [-0.1, -0.05) is 50.6 Å². The summed E-state index contributed by atoms with van der Waals surface area (Å²) in [5.74, 6) is -1.18. The highest BCUT2D eigenvalue weighted by atomic mass is 32.2. The van der Waals surface area contributed by atoms with Gasteiger partial charge in [-0.05, 0) is 29.9 Å². The van der Waals surface area contributed by atoms with E-state index in [9.17, 15) is 19.5 Å². The van der Waals surface area contributed by atoms with Crippen LogP contribution in [0.2, 0.25) is 0 Å². The van der Waals surface area contributed by atoms with Crippen molar-refractivity contribution in [3.8, 4) is 0 Å². The van der Waals surface area contributed by atoms with Crippen LogP contribution in [0, 0.1) is 5.92 Å². The van der Waals surface area contributed by atoms with Crippen molar-refractivity contribution in [1.82, 2.24) is 10.6 Å². The van der Waals surface area contributed by atoms with Gasteiger partial charge in [0.2, 0.25) is 5.91 Å². The fourth-order valence-electron chi connectivity index (χ4n) is 2.35. The first-order chi connectivity index (χ1) is 12.9. The van der Waals surface area contributed by atoms with E-state index >= 15 is 0 Å². The van der Waals surface area contributed by atoms with Crippen LogP contribution in [-0.2, 0) is 20.9 Å². The number of benzene rings is 1. The van der Waals surface area contributed by atoms with Crippen molar-refractivity contribution in [3.63, 3.8) is 0 Å². The minimum absolute atomic E-state index is 0.0903. The predicted molar refractivity (Wildman–Crippen MR) is 106 cm³/mol. The minimum Gasteiger partial charge on any atom is -0.480 e. The van der Waals surface area contributed by atoms with E-state index in [0.29, 0.717) is 18.6 Å². The number of nitrogens with one attached hydrogen (secondary N) is 2. The Kier molecular flexibility index (Phi) is 10.3. The molecule has 0 fully saturated rings. The normalized spacial score (nSPS) is 13.9. The van der Waals surface area contributed by atoms with E-state index in [1.165, 1.54) is 11.8 Å². The molecule has 1 rings (SSSR count). The molecule has 0 bridgehead atoms. The average molecular weight is 397 g/mol. The van der Waals surface area contributed by atoms with E-state index in [1.54, 1.807) is 0 Å². The van der Waals surface area contributed by atoms with Gasteiger partial charge in [-0.2, -0.15) is 11.8 Å². The van der Waals surface area contributed by atoms with Crippen LogP contribution in [0.25, 0.3) is 0 Å². The molecule has 1 aromatic rings. The first kappa shape index (κ1) is 22.8. The molecule has 7 nitrogen and oxygen atoms in total. The number of amides is 2. The molecule has 3 atom stereocenters. The maximum absolute atomic E-state index is 12.6. The number of alkyl carbamates (subject to hydrolysis) is 1. The van der Waals surface area contributed by atoms with Gasteiger partial charge < -0.3 is 20.5 Å². The number of hydrogen-bond acceptors (Lipinski definition) is 5. The molecule has 2 amide bonds. The fourth-order valence-corrected chi connectivity index (χ4v) is 2.82. The van der Waals surface area contributed by atoms with E-state index < -0.39 is 30.1 Å². The first-order valence-corrected chi connectivity index (χ1v) is 10.3. The molecule has 0 spiro atoms. The van der Waals surface area contributed by atoms with Gasteiger partial charge in [-0.15, -0.1) is 0 Å². The van der Waals surface area contributed by atoms with Crippen molar-refractivity contribution >= 4 is 29.7 Å². The maximum Gasteiger partial charge on any atom is 0.408 e. The predicted octanol–water partition coefficient (Wildman–Crippen LogP) is 2.65. The molecule has 0 aliphatic carbocycles. The third kappa shape index (κ3) is 8.34. The first-order valence-electron chi connectivity index (χ1n) is 8.88. The number of carboxylic acids is 1. The Hall–Kier alpha value is -2.22. The third-order valence-corrected chi connectivity index (χ3v) is 4.85. The summed E-state index contributed by atoms with van der Waals surface area (Å²) in [5.41, 5.74) is 0.834. The lowest BCUT2D eigenvalue weighted by atomic mass is 9.98. The summed E-state index contributed by atoms with van der Waals surface area (Å²) in [6.45, 7) is 3.80. The van der Waals surface area contributed by atoms with Crippen LogP contribution in [0.5, 0.6) is 0 Å². The molecule has 0 saturated carbocycles. The molecule has 0 saturated heterocycles. The quantitative estimate of drug-likeness (QED) is 0.531. The standard InChI is InChI=1S/C19H28N2O5S/c1-4-13(2)16(17(22)20-15(18(23)24)10-11-27-3)21-19(25)26-12-14-8-6-5-7-9-14/h5-9,13,15-16H,4,10-12H2,1-3H3,(H,20,22)(H,21,25)(H,23,24)/t13-,15+,16+/m0/s1. The molecule has 8 heteroatoms. The van der Waals surface area contributed by atoms with Crippen molar-refractivity contribution in [1.29, 1.82) is 0 Å². The zero-order valence-corrected chi connectivity index (χ0v) is 16.8. The molecule has 0 radical (unpaired) electrons. The molecule has 1 aromatic carbocycles. The molecule has 0 aliphatic rings. The molecule has 0 unspecified atom stereocenters. The SMILES string of the molecule is CC[C@H](C)[C@@H](NC(=O)OCc1ccccc1)C(=O)N[C@H](CCSC)C(=O)O. The van der Waals surface area contributed by atoms with E-state index in [0.717, 1.165) is 5.56 Å². The number of aliphatic carboxylic acids is 1. The average Bonchev–Trinajstić information content (AvgIpc) is 2.67. The summed E-state index contributed by atoms with van der Waals surface area (Å²) in [5, 5.41) is 14.4. The highest BCUT2D eigenvalue weighted by Gasteiger charge is 2.30. The number of carbonyl (C=O) groups is 3. The minimum atomic E-state index is -1.09. The number of hydrogen-bond donors (Lipinski definition) is 3. The van der Waals surface area contributed by atoms with Crippen LogP contribution in [0.15, 0.2) is 30.3 Å². The van der Waals surface area contributed by atoms with E-state index in [1.807, 2.05) is 50.4 Å². The molecular formula is C19H28N2O5S. The molecule has 0 aliphatic heterocycles. The lowest BCUT2D eigenvalue weighted by Crippen LogP contribution is -2.54. The summed E-state index contributed by atoms with van der Waals surface area (Å²) in [7, 11) is 0. The van der Waals surface area contributed by atoms with Gasteiger partial charge in [-0.25, -0.2) is 9.59 Å². The fraction of sp³-hybridized carbons (Fsp3) is 0.526. The number of thioether (sulfide) groups is 1.